The van der Waals surface area contributed by atoms with E-state index in [2.05, 4.69) is 17.1 Å². The number of hydrogen-bond donors (Lipinski definition) is 1. The highest BCUT2D eigenvalue weighted by atomic mass is 19.1. The summed E-state index contributed by atoms with van der Waals surface area (Å²) in [5, 5.41) is 2.98. The van der Waals surface area contributed by atoms with Gasteiger partial charge in [-0.25, -0.2) is 4.39 Å². The SMILES string of the molecule is C[C@@H]1CN(C)CC1C(=O)NCCc1ccc(F)cc1. The molecule has 1 aliphatic heterocycles. The maximum atomic E-state index is 12.7. The van der Waals surface area contributed by atoms with Crippen molar-refractivity contribution in [2.75, 3.05) is 26.7 Å². The van der Waals surface area contributed by atoms with Crippen LogP contribution in [-0.2, 0) is 11.2 Å². The third-order valence-electron chi connectivity index (χ3n) is 3.76. The molecule has 19 heavy (non-hydrogen) atoms. The molecule has 0 aliphatic carbocycles. The van der Waals surface area contributed by atoms with E-state index in [1.165, 1.54) is 12.1 Å². The first-order valence-corrected chi connectivity index (χ1v) is 6.77. The Labute approximate surface area is 113 Å². The average Bonchev–Trinajstić information content (AvgIpc) is 2.71. The lowest BCUT2D eigenvalue weighted by Gasteiger charge is -2.14. The van der Waals surface area contributed by atoms with E-state index in [1.54, 1.807) is 12.1 Å². The predicted octanol–water partition coefficient (Wildman–Crippen LogP) is 1.68. The normalized spacial score (nSPS) is 23.5. The summed E-state index contributed by atoms with van der Waals surface area (Å²) in [6.45, 7) is 4.55. The van der Waals surface area contributed by atoms with Gasteiger partial charge in [-0.3, -0.25) is 4.79 Å². The average molecular weight is 264 g/mol. The molecule has 1 fully saturated rings. The molecule has 0 radical (unpaired) electrons. The van der Waals surface area contributed by atoms with Crippen LogP contribution in [0.3, 0.4) is 0 Å². The maximum absolute atomic E-state index is 12.7. The topological polar surface area (TPSA) is 32.3 Å². The Hall–Kier alpha value is -1.42. The number of amides is 1. The molecular formula is C15H21FN2O. The van der Waals surface area contributed by atoms with E-state index in [9.17, 15) is 9.18 Å². The Kier molecular flexibility index (Phi) is 4.53. The highest BCUT2D eigenvalue weighted by Crippen LogP contribution is 2.21. The van der Waals surface area contributed by atoms with Crippen molar-refractivity contribution in [3.8, 4) is 0 Å². The van der Waals surface area contributed by atoms with Gasteiger partial charge in [0.05, 0.1) is 5.92 Å². The number of carbonyl (C=O) groups excluding carboxylic acids is 1. The molecule has 104 valence electrons. The second-order valence-corrected chi connectivity index (χ2v) is 5.47. The number of rotatable bonds is 4. The molecule has 2 rings (SSSR count). The standard InChI is InChI=1S/C15H21FN2O/c1-11-9-18(2)10-14(11)15(19)17-8-7-12-3-5-13(16)6-4-12/h3-6,11,14H,7-10H2,1-2H3,(H,17,19)/t11-,14?/m1/s1. The molecular weight excluding hydrogens is 243 g/mol. The molecule has 1 amide bonds. The smallest absolute Gasteiger partial charge is 0.224 e. The van der Waals surface area contributed by atoms with E-state index in [-0.39, 0.29) is 17.6 Å². The van der Waals surface area contributed by atoms with Crippen molar-refractivity contribution in [3.05, 3.63) is 35.6 Å². The molecule has 0 saturated carbocycles. The van der Waals surface area contributed by atoms with Crippen molar-refractivity contribution in [3.63, 3.8) is 0 Å². The summed E-state index contributed by atoms with van der Waals surface area (Å²) in [6.07, 6.45) is 0.739. The molecule has 3 nitrogen and oxygen atoms in total. The Bertz CT molecular complexity index is 432. The van der Waals surface area contributed by atoms with Gasteiger partial charge in [-0.1, -0.05) is 19.1 Å². The molecule has 2 atom stereocenters. The molecule has 1 unspecified atom stereocenters. The van der Waals surface area contributed by atoms with Gasteiger partial charge in [-0.05, 0) is 37.1 Å². The fraction of sp³-hybridized carbons (Fsp3) is 0.533. The number of likely N-dealkylation sites (tertiary alicyclic amines) is 1. The minimum atomic E-state index is -0.226. The third-order valence-corrected chi connectivity index (χ3v) is 3.76. The number of nitrogens with zero attached hydrogens (tertiary/aromatic N) is 1. The van der Waals surface area contributed by atoms with Crippen LogP contribution < -0.4 is 5.32 Å². The monoisotopic (exact) mass is 264 g/mol. The molecule has 1 heterocycles. The van der Waals surface area contributed by atoms with E-state index >= 15 is 0 Å². The Morgan fingerprint density at radius 3 is 2.63 bits per heavy atom. The Morgan fingerprint density at radius 2 is 2.05 bits per heavy atom. The zero-order chi connectivity index (χ0) is 13.8. The van der Waals surface area contributed by atoms with E-state index in [0.717, 1.165) is 25.1 Å². The van der Waals surface area contributed by atoms with E-state index in [0.29, 0.717) is 12.5 Å². The van der Waals surface area contributed by atoms with Crippen LogP contribution in [0.4, 0.5) is 4.39 Å². The molecule has 0 bridgehead atoms. The second kappa shape index (κ2) is 6.15. The second-order valence-electron chi connectivity index (χ2n) is 5.47. The van der Waals surface area contributed by atoms with Gasteiger partial charge in [0.2, 0.25) is 5.91 Å². The molecule has 1 aromatic carbocycles. The summed E-state index contributed by atoms with van der Waals surface area (Å²) < 4.78 is 12.7. The van der Waals surface area contributed by atoms with Crippen LogP contribution in [0, 0.1) is 17.7 Å². The lowest BCUT2D eigenvalue weighted by molar-refractivity contribution is -0.125. The number of halogens is 1. The zero-order valence-corrected chi connectivity index (χ0v) is 11.5. The highest BCUT2D eigenvalue weighted by Gasteiger charge is 2.32. The predicted molar refractivity (Wildman–Crippen MR) is 73.3 cm³/mol. The van der Waals surface area contributed by atoms with Gasteiger partial charge in [0, 0.05) is 19.6 Å². The van der Waals surface area contributed by atoms with Crippen LogP contribution in [0.2, 0.25) is 0 Å². The first kappa shape index (κ1) is 14.0. The Morgan fingerprint density at radius 1 is 1.37 bits per heavy atom. The summed E-state index contributed by atoms with van der Waals surface area (Å²) in [7, 11) is 2.04. The fourth-order valence-electron chi connectivity index (χ4n) is 2.66. The van der Waals surface area contributed by atoms with Crippen molar-refractivity contribution >= 4 is 5.91 Å². The van der Waals surface area contributed by atoms with Crippen LogP contribution in [0.15, 0.2) is 24.3 Å². The lowest BCUT2D eigenvalue weighted by Crippen LogP contribution is -2.35. The largest absolute Gasteiger partial charge is 0.355 e. The quantitative estimate of drug-likeness (QED) is 0.897. The van der Waals surface area contributed by atoms with Crippen LogP contribution in [0.1, 0.15) is 12.5 Å². The van der Waals surface area contributed by atoms with Gasteiger partial charge in [-0.2, -0.15) is 0 Å². The van der Waals surface area contributed by atoms with Crippen LogP contribution >= 0.6 is 0 Å². The van der Waals surface area contributed by atoms with Crippen molar-refractivity contribution in [2.24, 2.45) is 11.8 Å². The van der Waals surface area contributed by atoms with Crippen LogP contribution in [-0.4, -0.2) is 37.5 Å². The number of carbonyl (C=O) groups is 1. The molecule has 1 saturated heterocycles. The summed E-state index contributed by atoms with van der Waals surface area (Å²) in [5.41, 5.74) is 1.04. The summed E-state index contributed by atoms with van der Waals surface area (Å²) in [6, 6.07) is 6.41. The number of nitrogens with one attached hydrogen (secondary N) is 1. The molecule has 0 aromatic heterocycles. The minimum absolute atomic E-state index is 0.0956. The van der Waals surface area contributed by atoms with Gasteiger partial charge < -0.3 is 10.2 Å². The first-order chi connectivity index (χ1) is 9.06. The number of hydrogen-bond acceptors (Lipinski definition) is 2. The van der Waals surface area contributed by atoms with Crippen LogP contribution in [0.5, 0.6) is 0 Å². The van der Waals surface area contributed by atoms with E-state index in [4.69, 9.17) is 0 Å². The van der Waals surface area contributed by atoms with Crippen molar-refractivity contribution < 1.29 is 9.18 Å². The molecule has 1 N–H and O–H groups in total. The summed E-state index contributed by atoms with van der Waals surface area (Å²) in [4.78, 5) is 14.2. The summed E-state index contributed by atoms with van der Waals surface area (Å²) >= 11 is 0. The molecule has 0 spiro atoms. The third kappa shape index (κ3) is 3.77. The Balaban J connectivity index is 1.76. The van der Waals surface area contributed by atoms with E-state index < -0.39 is 0 Å². The number of benzene rings is 1. The van der Waals surface area contributed by atoms with Gasteiger partial charge in [-0.15, -0.1) is 0 Å². The van der Waals surface area contributed by atoms with Gasteiger partial charge in [0.15, 0.2) is 0 Å². The molecule has 1 aliphatic rings. The van der Waals surface area contributed by atoms with Crippen molar-refractivity contribution in [1.29, 1.82) is 0 Å². The first-order valence-electron chi connectivity index (χ1n) is 6.77. The fourth-order valence-corrected chi connectivity index (χ4v) is 2.66. The van der Waals surface area contributed by atoms with E-state index in [1.807, 2.05) is 7.05 Å². The van der Waals surface area contributed by atoms with Crippen molar-refractivity contribution in [1.82, 2.24) is 10.2 Å². The van der Waals surface area contributed by atoms with Crippen LogP contribution in [0.25, 0.3) is 0 Å². The molecule has 1 aromatic rings. The van der Waals surface area contributed by atoms with Crippen molar-refractivity contribution in [2.45, 2.75) is 13.3 Å². The summed E-state index contributed by atoms with van der Waals surface area (Å²) in [5.74, 6) is 0.420. The minimum Gasteiger partial charge on any atom is -0.355 e. The lowest BCUT2D eigenvalue weighted by atomic mass is 9.97. The maximum Gasteiger partial charge on any atom is 0.224 e. The van der Waals surface area contributed by atoms with Gasteiger partial charge >= 0.3 is 0 Å². The van der Waals surface area contributed by atoms with Gasteiger partial charge in [0.1, 0.15) is 5.82 Å². The highest BCUT2D eigenvalue weighted by molar-refractivity contribution is 5.79. The molecule has 4 heteroatoms. The van der Waals surface area contributed by atoms with Gasteiger partial charge in [0.25, 0.3) is 0 Å². The zero-order valence-electron chi connectivity index (χ0n) is 11.5.